The van der Waals surface area contributed by atoms with Gasteiger partial charge in [-0.25, -0.2) is 4.98 Å². The van der Waals surface area contributed by atoms with Crippen molar-refractivity contribution in [3.63, 3.8) is 0 Å². The quantitative estimate of drug-likeness (QED) is 0.602. The van der Waals surface area contributed by atoms with Crippen molar-refractivity contribution in [3.8, 4) is 0 Å². The molecule has 0 aliphatic heterocycles. The summed E-state index contributed by atoms with van der Waals surface area (Å²) in [7, 11) is 0. The van der Waals surface area contributed by atoms with E-state index in [2.05, 4.69) is 15.6 Å². The zero-order valence-corrected chi connectivity index (χ0v) is 11.3. The van der Waals surface area contributed by atoms with E-state index in [-0.39, 0.29) is 17.6 Å². The number of nitro groups is 1. The summed E-state index contributed by atoms with van der Waals surface area (Å²) in [5.41, 5.74) is 0.525. The predicted molar refractivity (Wildman–Crippen MR) is 72.0 cm³/mol. The van der Waals surface area contributed by atoms with Crippen LogP contribution in [-0.2, 0) is 4.79 Å². The van der Waals surface area contributed by atoms with Crippen LogP contribution < -0.4 is 10.6 Å². The largest absolute Gasteiger partial charge is 0.369 e. The van der Waals surface area contributed by atoms with Gasteiger partial charge in [-0.3, -0.25) is 14.9 Å². The Morgan fingerprint density at radius 2 is 2.21 bits per heavy atom. The summed E-state index contributed by atoms with van der Waals surface area (Å²) in [5, 5.41) is 16.4. The minimum Gasteiger partial charge on any atom is -0.369 e. The van der Waals surface area contributed by atoms with Crippen LogP contribution >= 0.6 is 0 Å². The SMILES string of the molecule is Cc1cnc(NCCC(=O)NC(C)C)cc1[N+](=O)[O-]. The number of nitrogens with one attached hydrogen (secondary N) is 2. The van der Waals surface area contributed by atoms with Crippen LogP contribution in [0.4, 0.5) is 11.5 Å². The van der Waals surface area contributed by atoms with Gasteiger partial charge in [-0.05, 0) is 20.8 Å². The first-order chi connectivity index (χ1) is 8.90. The molecule has 0 bridgehead atoms. The standard InChI is InChI=1S/C12H18N4O3/c1-8(2)15-12(17)4-5-13-11-6-10(16(18)19)9(3)7-14-11/h6-8H,4-5H2,1-3H3,(H,13,14)(H,15,17). The maximum Gasteiger partial charge on any atom is 0.277 e. The van der Waals surface area contributed by atoms with E-state index >= 15 is 0 Å². The molecule has 1 rings (SSSR count). The molecule has 0 aromatic carbocycles. The molecule has 1 amide bonds. The predicted octanol–water partition coefficient (Wildman–Crippen LogP) is 1.62. The summed E-state index contributed by atoms with van der Waals surface area (Å²) in [6.45, 7) is 5.78. The number of carbonyl (C=O) groups excluding carboxylic acids is 1. The van der Waals surface area contributed by atoms with Gasteiger partial charge in [-0.2, -0.15) is 0 Å². The van der Waals surface area contributed by atoms with Crippen LogP contribution in [0.25, 0.3) is 0 Å². The maximum atomic E-state index is 11.4. The van der Waals surface area contributed by atoms with Gasteiger partial charge in [0.1, 0.15) is 5.82 Å². The molecule has 0 aliphatic carbocycles. The van der Waals surface area contributed by atoms with E-state index < -0.39 is 4.92 Å². The first kappa shape index (κ1) is 14.9. The molecule has 104 valence electrons. The van der Waals surface area contributed by atoms with E-state index in [1.807, 2.05) is 13.8 Å². The van der Waals surface area contributed by atoms with E-state index in [9.17, 15) is 14.9 Å². The molecule has 19 heavy (non-hydrogen) atoms. The van der Waals surface area contributed by atoms with Crippen molar-refractivity contribution in [2.75, 3.05) is 11.9 Å². The number of pyridine rings is 1. The topological polar surface area (TPSA) is 97.2 Å². The molecule has 0 saturated heterocycles. The monoisotopic (exact) mass is 266 g/mol. The van der Waals surface area contributed by atoms with E-state index in [4.69, 9.17) is 0 Å². The van der Waals surface area contributed by atoms with E-state index in [1.165, 1.54) is 12.3 Å². The van der Waals surface area contributed by atoms with Crippen LogP contribution in [0.3, 0.4) is 0 Å². The Labute approximate surface area is 111 Å². The van der Waals surface area contributed by atoms with Crippen LogP contribution in [0, 0.1) is 17.0 Å². The highest BCUT2D eigenvalue weighted by Crippen LogP contribution is 2.19. The molecule has 7 nitrogen and oxygen atoms in total. The minimum absolute atomic E-state index is 0.0177. The van der Waals surface area contributed by atoms with Crippen LogP contribution in [-0.4, -0.2) is 28.4 Å². The number of rotatable bonds is 6. The average Bonchev–Trinajstić information content (AvgIpc) is 2.30. The second-order valence-electron chi connectivity index (χ2n) is 4.51. The lowest BCUT2D eigenvalue weighted by Gasteiger charge is -2.09. The molecule has 0 unspecified atom stereocenters. The van der Waals surface area contributed by atoms with Gasteiger partial charge >= 0.3 is 0 Å². The van der Waals surface area contributed by atoms with Gasteiger partial charge < -0.3 is 10.6 Å². The third kappa shape index (κ3) is 4.90. The van der Waals surface area contributed by atoms with Crippen LogP contribution in [0.1, 0.15) is 25.8 Å². The minimum atomic E-state index is -0.451. The van der Waals surface area contributed by atoms with E-state index in [0.717, 1.165) is 0 Å². The Morgan fingerprint density at radius 1 is 1.53 bits per heavy atom. The first-order valence-electron chi connectivity index (χ1n) is 6.04. The van der Waals surface area contributed by atoms with Gasteiger partial charge in [0.05, 0.1) is 11.0 Å². The van der Waals surface area contributed by atoms with Gasteiger partial charge in [0, 0.05) is 30.8 Å². The molecule has 0 spiro atoms. The Hall–Kier alpha value is -2.18. The lowest BCUT2D eigenvalue weighted by molar-refractivity contribution is -0.385. The summed E-state index contributed by atoms with van der Waals surface area (Å²) >= 11 is 0. The number of nitrogens with zero attached hydrogens (tertiary/aromatic N) is 2. The van der Waals surface area contributed by atoms with Crippen molar-refractivity contribution in [2.45, 2.75) is 33.2 Å². The van der Waals surface area contributed by atoms with Crippen molar-refractivity contribution >= 4 is 17.4 Å². The number of amides is 1. The number of aromatic nitrogens is 1. The van der Waals surface area contributed by atoms with Crippen molar-refractivity contribution in [1.29, 1.82) is 0 Å². The van der Waals surface area contributed by atoms with E-state index in [1.54, 1.807) is 6.92 Å². The van der Waals surface area contributed by atoms with Crippen LogP contribution in [0.15, 0.2) is 12.3 Å². The number of anilines is 1. The summed E-state index contributed by atoms with van der Waals surface area (Å²) in [4.78, 5) is 25.7. The van der Waals surface area contributed by atoms with Crippen LogP contribution in [0.2, 0.25) is 0 Å². The fourth-order valence-electron chi connectivity index (χ4n) is 1.50. The van der Waals surface area contributed by atoms with Gasteiger partial charge in [0.2, 0.25) is 5.91 Å². The van der Waals surface area contributed by atoms with Gasteiger partial charge in [0.15, 0.2) is 0 Å². The Bertz CT molecular complexity index is 474. The highest BCUT2D eigenvalue weighted by Gasteiger charge is 2.12. The highest BCUT2D eigenvalue weighted by molar-refractivity contribution is 5.76. The molecule has 0 atom stereocenters. The maximum absolute atomic E-state index is 11.4. The molecule has 1 heterocycles. The Balaban J connectivity index is 2.52. The Kier molecular flexibility index (Phi) is 5.23. The van der Waals surface area contributed by atoms with Gasteiger partial charge in [0.25, 0.3) is 5.69 Å². The number of hydrogen-bond donors (Lipinski definition) is 2. The van der Waals surface area contributed by atoms with Crippen molar-refractivity contribution in [1.82, 2.24) is 10.3 Å². The first-order valence-corrected chi connectivity index (χ1v) is 6.04. The Morgan fingerprint density at radius 3 is 2.79 bits per heavy atom. The molecule has 0 radical (unpaired) electrons. The molecule has 2 N–H and O–H groups in total. The second kappa shape index (κ2) is 6.67. The third-order valence-electron chi connectivity index (χ3n) is 2.38. The molecular formula is C12H18N4O3. The number of aryl methyl sites for hydroxylation is 1. The molecular weight excluding hydrogens is 248 g/mol. The summed E-state index contributed by atoms with van der Waals surface area (Å²) < 4.78 is 0. The molecule has 1 aromatic rings. The smallest absolute Gasteiger partial charge is 0.277 e. The normalized spacial score (nSPS) is 10.3. The summed E-state index contributed by atoms with van der Waals surface area (Å²) in [6, 6.07) is 1.47. The van der Waals surface area contributed by atoms with Crippen molar-refractivity contribution < 1.29 is 9.72 Å². The summed E-state index contributed by atoms with van der Waals surface area (Å²) in [5.74, 6) is 0.332. The second-order valence-corrected chi connectivity index (χ2v) is 4.51. The summed E-state index contributed by atoms with van der Waals surface area (Å²) in [6.07, 6.45) is 1.73. The van der Waals surface area contributed by atoms with E-state index in [0.29, 0.717) is 24.3 Å². The third-order valence-corrected chi connectivity index (χ3v) is 2.38. The van der Waals surface area contributed by atoms with Gasteiger partial charge in [-0.1, -0.05) is 0 Å². The molecule has 0 aliphatic rings. The average molecular weight is 266 g/mol. The molecule has 0 saturated carbocycles. The molecule has 0 fully saturated rings. The molecule has 7 heteroatoms. The lowest BCUT2D eigenvalue weighted by atomic mass is 10.2. The zero-order valence-electron chi connectivity index (χ0n) is 11.3. The molecule has 1 aromatic heterocycles. The van der Waals surface area contributed by atoms with Crippen molar-refractivity contribution in [3.05, 3.63) is 27.9 Å². The number of hydrogen-bond acceptors (Lipinski definition) is 5. The number of carbonyl (C=O) groups is 1. The van der Waals surface area contributed by atoms with Gasteiger partial charge in [-0.15, -0.1) is 0 Å². The fraction of sp³-hybridized carbons (Fsp3) is 0.500. The zero-order chi connectivity index (χ0) is 14.4. The van der Waals surface area contributed by atoms with Crippen LogP contribution in [0.5, 0.6) is 0 Å². The van der Waals surface area contributed by atoms with Crippen molar-refractivity contribution in [2.24, 2.45) is 0 Å². The highest BCUT2D eigenvalue weighted by atomic mass is 16.6. The lowest BCUT2D eigenvalue weighted by Crippen LogP contribution is -2.31. The fourth-order valence-corrected chi connectivity index (χ4v) is 1.50.